The maximum absolute atomic E-state index is 14.5. The summed E-state index contributed by atoms with van der Waals surface area (Å²) in [6.45, 7) is 20.1. The van der Waals surface area contributed by atoms with Gasteiger partial charge in [-0.2, -0.15) is 4.31 Å². The smallest absolute Gasteiger partial charge is 0.243 e. The second kappa shape index (κ2) is 18.9. The van der Waals surface area contributed by atoms with E-state index in [2.05, 4.69) is 82.8 Å². The molecule has 0 saturated carbocycles. The Kier molecular flexibility index (Phi) is 14.8. The highest BCUT2D eigenvalue weighted by Crippen LogP contribution is 2.47. The second-order valence-electron chi connectivity index (χ2n) is 16.0. The predicted molar refractivity (Wildman–Crippen MR) is 220 cm³/mol. The maximum atomic E-state index is 14.5. The zero-order valence-corrected chi connectivity index (χ0v) is 35.9. The van der Waals surface area contributed by atoms with Crippen molar-refractivity contribution in [2.75, 3.05) is 65.1 Å². The molecule has 0 radical (unpaired) electrons. The fourth-order valence-corrected chi connectivity index (χ4v) is 15.8. The molecule has 2 aliphatic heterocycles. The van der Waals surface area contributed by atoms with Crippen LogP contribution in [0.15, 0.2) is 71.6 Å². The van der Waals surface area contributed by atoms with Gasteiger partial charge < -0.3 is 28.3 Å². The lowest BCUT2D eigenvalue weighted by molar-refractivity contribution is -0.0504. The van der Waals surface area contributed by atoms with Crippen molar-refractivity contribution >= 4 is 24.0 Å². The van der Waals surface area contributed by atoms with Crippen LogP contribution in [0.4, 0.5) is 5.69 Å². The van der Waals surface area contributed by atoms with Crippen molar-refractivity contribution in [3.05, 3.63) is 89.0 Å². The van der Waals surface area contributed by atoms with Crippen LogP contribution in [0.25, 0.3) is 0 Å². The van der Waals surface area contributed by atoms with Gasteiger partial charge >= 0.3 is 0 Å². The van der Waals surface area contributed by atoms with Crippen LogP contribution in [0.1, 0.15) is 76.1 Å². The number of aryl methyl sites for hydroxylation is 1. The molecule has 1 fully saturated rings. The Morgan fingerprint density at radius 1 is 0.815 bits per heavy atom. The minimum Gasteiger partial charge on any atom is -0.490 e. The first-order chi connectivity index (χ1) is 25.8. The Morgan fingerprint density at radius 2 is 1.44 bits per heavy atom. The normalized spacial score (nSPS) is 19.8. The average Bonchev–Trinajstić information content (AvgIpc) is 3.15. The number of hydrogen-bond acceptors (Lipinski definition) is 8. The number of sulfonamides is 1. The lowest BCUT2D eigenvalue weighted by Crippen LogP contribution is -2.59. The van der Waals surface area contributed by atoms with Gasteiger partial charge in [0.15, 0.2) is 0 Å². The molecular formula is C43H64N2O7SSi. The summed E-state index contributed by atoms with van der Waals surface area (Å²) in [6, 6.07) is 22.1. The summed E-state index contributed by atoms with van der Waals surface area (Å²) >= 11 is 0. The second-order valence-corrected chi connectivity index (χ2v) is 23.3. The lowest BCUT2D eigenvalue weighted by Gasteiger charge is -2.50. The van der Waals surface area contributed by atoms with Crippen molar-refractivity contribution in [2.45, 2.75) is 108 Å². The van der Waals surface area contributed by atoms with Gasteiger partial charge in [0.05, 0.1) is 42.5 Å². The number of hydrogen-bond donors (Lipinski definition) is 0. The lowest BCUT2D eigenvalue weighted by atomic mass is 9.85. The first-order valence-corrected chi connectivity index (χ1v) is 23.3. The number of benzene rings is 3. The molecule has 5 rings (SSSR count). The number of nitrogens with zero attached hydrogens (tertiary/aromatic N) is 2. The molecule has 2 aliphatic rings. The zero-order chi connectivity index (χ0) is 39.0. The standard InChI is InChI=1S/C43H64N2O7SSi/c1-31(2)54(32(3)4,33(5)6)52-42-29-45(53(46,47)38-18-11-34(7)12-19-38)28-41(43(42)37-16-13-35(14-17-37)21-25-49-9)51-30-36-15-20-40-39(27-36)44(23-26-50-40)22-10-24-48-8/h11-20,27,31-33,41-43H,10,21-26,28-30H2,1-9H3/t41-,42?,43?/m0/s1. The van der Waals surface area contributed by atoms with Crippen LogP contribution < -0.4 is 9.64 Å². The van der Waals surface area contributed by atoms with Crippen molar-refractivity contribution in [1.29, 1.82) is 0 Å². The molecule has 2 heterocycles. The van der Waals surface area contributed by atoms with Crippen molar-refractivity contribution < 1.29 is 31.8 Å². The van der Waals surface area contributed by atoms with E-state index in [0.29, 0.717) is 43.1 Å². The van der Waals surface area contributed by atoms with Crippen molar-refractivity contribution in [1.82, 2.24) is 4.31 Å². The molecule has 54 heavy (non-hydrogen) atoms. The molecule has 0 amide bonds. The molecule has 9 nitrogen and oxygen atoms in total. The minimum atomic E-state index is -3.86. The molecule has 11 heteroatoms. The average molecular weight is 781 g/mol. The van der Waals surface area contributed by atoms with Crippen LogP contribution in [0.5, 0.6) is 5.75 Å². The monoisotopic (exact) mass is 780 g/mol. The predicted octanol–water partition coefficient (Wildman–Crippen LogP) is 8.35. The summed E-state index contributed by atoms with van der Waals surface area (Å²) in [5, 5.41) is 0. The fraction of sp³-hybridized carbons (Fsp3) is 0.581. The summed E-state index contributed by atoms with van der Waals surface area (Å²) in [6.07, 6.45) is 0.849. The highest BCUT2D eigenvalue weighted by molar-refractivity contribution is 7.89. The topological polar surface area (TPSA) is 86.8 Å². The molecule has 0 spiro atoms. The Hall–Kier alpha value is -2.77. The quantitative estimate of drug-likeness (QED) is 0.0941. The van der Waals surface area contributed by atoms with Crippen molar-refractivity contribution in [3.63, 3.8) is 0 Å². The third-order valence-corrected chi connectivity index (χ3v) is 19.4. The van der Waals surface area contributed by atoms with E-state index in [1.807, 2.05) is 25.1 Å². The molecule has 2 unspecified atom stereocenters. The van der Waals surface area contributed by atoms with E-state index in [0.717, 1.165) is 54.1 Å². The summed E-state index contributed by atoms with van der Waals surface area (Å²) < 4.78 is 62.0. The Labute approximate surface area is 326 Å². The number of rotatable bonds is 18. The molecule has 0 N–H and O–H groups in total. The van der Waals surface area contributed by atoms with E-state index in [-0.39, 0.29) is 23.9 Å². The van der Waals surface area contributed by atoms with E-state index < -0.39 is 30.5 Å². The minimum absolute atomic E-state index is 0.194. The highest BCUT2D eigenvalue weighted by atomic mass is 32.2. The summed E-state index contributed by atoms with van der Waals surface area (Å²) in [5.41, 5.74) is 6.33. The molecule has 0 bridgehead atoms. The molecule has 3 aromatic carbocycles. The van der Waals surface area contributed by atoms with Gasteiger partial charge in [0, 0.05) is 46.4 Å². The number of methoxy groups -OCH3 is 2. The summed E-state index contributed by atoms with van der Waals surface area (Å²) in [5.74, 6) is 0.674. The van der Waals surface area contributed by atoms with Gasteiger partial charge in [0.2, 0.25) is 18.3 Å². The van der Waals surface area contributed by atoms with Crippen molar-refractivity contribution in [3.8, 4) is 5.75 Å². The maximum Gasteiger partial charge on any atom is 0.243 e. The summed E-state index contributed by atoms with van der Waals surface area (Å²) in [7, 11) is -2.87. The van der Waals surface area contributed by atoms with Crippen LogP contribution in [0.2, 0.25) is 16.6 Å². The number of ether oxygens (including phenoxy) is 4. The van der Waals surface area contributed by atoms with Crippen LogP contribution in [0.3, 0.4) is 0 Å². The Bertz CT molecular complexity index is 1710. The molecule has 1 saturated heterocycles. The van der Waals surface area contributed by atoms with Gasteiger partial charge in [-0.05, 0) is 77.3 Å². The molecule has 3 atom stereocenters. The van der Waals surface area contributed by atoms with Gasteiger partial charge in [-0.15, -0.1) is 0 Å². The highest BCUT2D eigenvalue weighted by Gasteiger charge is 2.51. The van der Waals surface area contributed by atoms with Crippen LogP contribution >= 0.6 is 0 Å². The fourth-order valence-electron chi connectivity index (χ4n) is 8.73. The van der Waals surface area contributed by atoms with Gasteiger partial charge in [0.25, 0.3) is 0 Å². The summed E-state index contributed by atoms with van der Waals surface area (Å²) in [4.78, 5) is 2.64. The first-order valence-electron chi connectivity index (χ1n) is 19.7. The van der Waals surface area contributed by atoms with Gasteiger partial charge in [0.1, 0.15) is 12.4 Å². The van der Waals surface area contributed by atoms with Gasteiger partial charge in [-0.1, -0.05) is 89.6 Å². The van der Waals surface area contributed by atoms with Crippen LogP contribution in [-0.4, -0.2) is 93.5 Å². The molecule has 298 valence electrons. The number of anilines is 1. The van der Waals surface area contributed by atoms with E-state index in [4.69, 9.17) is 23.4 Å². The van der Waals surface area contributed by atoms with Crippen molar-refractivity contribution in [2.24, 2.45) is 0 Å². The van der Waals surface area contributed by atoms with E-state index >= 15 is 0 Å². The Morgan fingerprint density at radius 3 is 2.07 bits per heavy atom. The molecular weight excluding hydrogens is 717 g/mol. The Balaban J connectivity index is 1.56. The number of fused-ring (bicyclic) bond motifs is 1. The third kappa shape index (κ3) is 9.60. The van der Waals surface area contributed by atoms with Gasteiger partial charge in [-0.3, -0.25) is 0 Å². The molecule has 3 aromatic rings. The van der Waals surface area contributed by atoms with E-state index in [1.54, 1.807) is 30.7 Å². The zero-order valence-electron chi connectivity index (χ0n) is 34.0. The van der Waals surface area contributed by atoms with Crippen LogP contribution in [-0.2, 0) is 41.7 Å². The molecule has 0 aromatic heterocycles. The third-order valence-electron chi connectivity index (χ3n) is 11.5. The first kappa shape index (κ1) is 42.4. The van der Waals surface area contributed by atoms with E-state index in [9.17, 15) is 8.42 Å². The SMILES string of the molecule is COCCCN1CCOc2ccc(CO[C@H]3CN(S(=O)(=O)c4ccc(C)cc4)CC(O[Si](C(C)C)(C(C)C)C(C)C)C3c3ccc(CCOC)cc3)cc21. The molecule has 0 aliphatic carbocycles. The van der Waals surface area contributed by atoms with Gasteiger partial charge in [-0.25, -0.2) is 8.42 Å². The largest absolute Gasteiger partial charge is 0.490 e. The van der Waals surface area contributed by atoms with Crippen LogP contribution in [0, 0.1) is 6.92 Å². The number of piperidine rings is 1. The van der Waals surface area contributed by atoms with E-state index in [1.165, 1.54) is 5.56 Å².